The lowest BCUT2D eigenvalue weighted by Crippen LogP contribution is -2.06. The maximum Gasteiger partial charge on any atom is 0.164 e. The van der Waals surface area contributed by atoms with Crippen LogP contribution in [0.3, 0.4) is 0 Å². The zero-order valence-electron chi connectivity index (χ0n) is 11.4. The molecule has 0 aliphatic carbocycles. The minimum absolute atomic E-state index is 0.0673. The summed E-state index contributed by atoms with van der Waals surface area (Å²) in [6, 6.07) is 3.80. The second-order valence-corrected chi connectivity index (χ2v) is 4.11. The van der Waals surface area contributed by atoms with Gasteiger partial charge in [0.2, 0.25) is 0 Å². The number of ether oxygens (including phenoxy) is 3. The van der Waals surface area contributed by atoms with Crippen LogP contribution in [0.15, 0.2) is 12.1 Å². The fourth-order valence-electron chi connectivity index (χ4n) is 2.08. The Morgan fingerprint density at radius 2 is 1.94 bits per heavy atom. The van der Waals surface area contributed by atoms with Gasteiger partial charge in [0.05, 0.1) is 20.8 Å². The molecule has 1 atom stereocenters. The number of methoxy groups -OCH3 is 3. The molecule has 0 heterocycles. The molecule has 0 fully saturated rings. The number of hydrogen-bond acceptors (Lipinski definition) is 4. The minimum atomic E-state index is 0.0673. The molecule has 1 aromatic carbocycles. The molecule has 18 heavy (non-hydrogen) atoms. The van der Waals surface area contributed by atoms with E-state index in [0.29, 0.717) is 24.5 Å². The van der Waals surface area contributed by atoms with Crippen LogP contribution in [0.4, 0.5) is 0 Å². The third-order valence-electron chi connectivity index (χ3n) is 2.92. The molecule has 1 rings (SSSR count). The van der Waals surface area contributed by atoms with E-state index in [0.717, 1.165) is 17.4 Å². The Bertz CT molecular complexity index is 401. The lowest BCUT2D eigenvalue weighted by atomic mass is 9.92. The molecule has 0 aliphatic rings. The van der Waals surface area contributed by atoms with Gasteiger partial charge >= 0.3 is 0 Å². The van der Waals surface area contributed by atoms with E-state index in [1.807, 2.05) is 19.1 Å². The largest absolute Gasteiger partial charge is 0.493 e. The number of carbonyl (C=O) groups excluding carboxylic acids is 1. The molecule has 0 saturated carbocycles. The summed E-state index contributed by atoms with van der Waals surface area (Å²) >= 11 is 0. The molecule has 4 heteroatoms. The highest BCUT2D eigenvalue weighted by Crippen LogP contribution is 2.39. The van der Waals surface area contributed by atoms with Crippen LogP contribution in [-0.4, -0.2) is 27.6 Å². The van der Waals surface area contributed by atoms with Gasteiger partial charge in [0.25, 0.3) is 0 Å². The van der Waals surface area contributed by atoms with Gasteiger partial charge in [-0.2, -0.15) is 0 Å². The van der Waals surface area contributed by atoms with Crippen molar-refractivity contribution < 1.29 is 19.0 Å². The number of aldehydes is 1. The Labute approximate surface area is 108 Å². The van der Waals surface area contributed by atoms with Crippen molar-refractivity contribution >= 4 is 6.29 Å². The molecule has 0 spiro atoms. The maximum atomic E-state index is 10.7. The van der Waals surface area contributed by atoms with Gasteiger partial charge in [-0.3, -0.25) is 0 Å². The molecule has 0 aliphatic heterocycles. The first-order chi connectivity index (χ1) is 8.69. The summed E-state index contributed by atoms with van der Waals surface area (Å²) in [6.45, 7) is 2.48. The monoisotopic (exact) mass is 252 g/mol. The molecule has 1 aromatic rings. The van der Waals surface area contributed by atoms with Crippen LogP contribution < -0.4 is 9.47 Å². The number of hydrogen-bond donors (Lipinski definition) is 0. The van der Waals surface area contributed by atoms with Gasteiger partial charge in [-0.1, -0.05) is 13.0 Å². The number of carbonyl (C=O) groups is 1. The topological polar surface area (TPSA) is 44.8 Å². The van der Waals surface area contributed by atoms with E-state index < -0.39 is 0 Å². The van der Waals surface area contributed by atoms with Crippen molar-refractivity contribution in [2.24, 2.45) is 0 Å². The molecule has 0 saturated heterocycles. The molecule has 4 nitrogen and oxygen atoms in total. The smallest absolute Gasteiger partial charge is 0.164 e. The summed E-state index contributed by atoms with van der Waals surface area (Å²) in [5.74, 6) is 1.42. The van der Waals surface area contributed by atoms with Crippen molar-refractivity contribution in [1.29, 1.82) is 0 Å². The van der Waals surface area contributed by atoms with Gasteiger partial charge in [-0.15, -0.1) is 0 Å². The van der Waals surface area contributed by atoms with Gasteiger partial charge in [0.1, 0.15) is 6.29 Å². The first-order valence-electron chi connectivity index (χ1n) is 5.85. The first-order valence-corrected chi connectivity index (χ1v) is 5.85. The van der Waals surface area contributed by atoms with Gasteiger partial charge in [0, 0.05) is 19.1 Å². The number of benzene rings is 1. The molecule has 0 N–H and O–H groups in total. The van der Waals surface area contributed by atoms with Crippen molar-refractivity contribution in [3.05, 3.63) is 23.3 Å². The average Bonchev–Trinajstić information content (AvgIpc) is 2.38. The maximum absolute atomic E-state index is 10.7. The van der Waals surface area contributed by atoms with E-state index in [-0.39, 0.29) is 5.92 Å². The van der Waals surface area contributed by atoms with Crippen LogP contribution in [0.5, 0.6) is 11.5 Å². The molecule has 1 unspecified atom stereocenters. The first kappa shape index (κ1) is 14.5. The Hall–Kier alpha value is -1.55. The van der Waals surface area contributed by atoms with Crippen molar-refractivity contribution in [2.45, 2.75) is 25.9 Å². The highest BCUT2D eigenvalue weighted by atomic mass is 16.5. The fraction of sp³-hybridized carbons (Fsp3) is 0.500. The zero-order chi connectivity index (χ0) is 13.5. The predicted octanol–water partition coefficient (Wildman–Crippen LogP) is 2.54. The van der Waals surface area contributed by atoms with Crippen LogP contribution in [0, 0.1) is 0 Å². The van der Waals surface area contributed by atoms with Crippen molar-refractivity contribution in [3.8, 4) is 11.5 Å². The molecule has 100 valence electrons. The van der Waals surface area contributed by atoms with Gasteiger partial charge in [0.15, 0.2) is 11.5 Å². The quantitative estimate of drug-likeness (QED) is 0.699. The normalized spacial score (nSPS) is 12.0. The summed E-state index contributed by atoms with van der Waals surface area (Å²) in [7, 11) is 4.85. The summed E-state index contributed by atoms with van der Waals surface area (Å²) in [5, 5.41) is 0. The van der Waals surface area contributed by atoms with E-state index in [1.165, 1.54) is 0 Å². The van der Waals surface area contributed by atoms with Crippen LogP contribution >= 0.6 is 0 Å². The van der Waals surface area contributed by atoms with Crippen LogP contribution in [-0.2, 0) is 16.1 Å². The van der Waals surface area contributed by atoms with Gasteiger partial charge < -0.3 is 19.0 Å². The molecule has 0 radical (unpaired) electrons. The Kier molecular flexibility index (Phi) is 5.65. The van der Waals surface area contributed by atoms with E-state index in [4.69, 9.17) is 14.2 Å². The van der Waals surface area contributed by atoms with E-state index in [1.54, 1.807) is 21.3 Å². The summed E-state index contributed by atoms with van der Waals surface area (Å²) in [6.07, 6.45) is 1.36. The minimum Gasteiger partial charge on any atom is -0.493 e. The standard InChI is InChI=1S/C14H20O4/c1-10(7-8-15)13-11(9-16-2)5-6-12(17-3)14(13)18-4/h5-6,8,10H,7,9H2,1-4H3. The molecular formula is C14H20O4. The highest BCUT2D eigenvalue weighted by molar-refractivity contribution is 5.57. The highest BCUT2D eigenvalue weighted by Gasteiger charge is 2.19. The van der Waals surface area contributed by atoms with Gasteiger partial charge in [-0.25, -0.2) is 0 Å². The predicted molar refractivity (Wildman–Crippen MR) is 69.4 cm³/mol. The van der Waals surface area contributed by atoms with Crippen molar-refractivity contribution in [2.75, 3.05) is 21.3 Å². The molecule has 0 bridgehead atoms. The Balaban J connectivity index is 3.32. The van der Waals surface area contributed by atoms with Crippen LogP contribution in [0.1, 0.15) is 30.4 Å². The molecular weight excluding hydrogens is 232 g/mol. The summed E-state index contributed by atoms with van der Waals surface area (Å²) < 4.78 is 15.9. The fourth-order valence-corrected chi connectivity index (χ4v) is 2.08. The number of rotatable bonds is 7. The SMILES string of the molecule is COCc1ccc(OC)c(OC)c1C(C)CC=O. The average molecular weight is 252 g/mol. The Morgan fingerprint density at radius 1 is 1.22 bits per heavy atom. The zero-order valence-corrected chi connectivity index (χ0v) is 11.4. The lowest BCUT2D eigenvalue weighted by molar-refractivity contribution is -0.108. The van der Waals surface area contributed by atoms with Crippen LogP contribution in [0.2, 0.25) is 0 Å². The van der Waals surface area contributed by atoms with E-state index >= 15 is 0 Å². The third-order valence-corrected chi connectivity index (χ3v) is 2.92. The second-order valence-electron chi connectivity index (χ2n) is 4.11. The Morgan fingerprint density at radius 3 is 2.44 bits per heavy atom. The molecule has 0 amide bonds. The second kappa shape index (κ2) is 7.01. The summed E-state index contributed by atoms with van der Waals surface area (Å²) in [5.41, 5.74) is 2.00. The van der Waals surface area contributed by atoms with Gasteiger partial charge in [-0.05, 0) is 17.5 Å². The van der Waals surface area contributed by atoms with Crippen LogP contribution in [0.25, 0.3) is 0 Å². The molecule has 0 aromatic heterocycles. The van der Waals surface area contributed by atoms with Crippen molar-refractivity contribution in [1.82, 2.24) is 0 Å². The lowest BCUT2D eigenvalue weighted by Gasteiger charge is -2.20. The van der Waals surface area contributed by atoms with E-state index in [9.17, 15) is 4.79 Å². The van der Waals surface area contributed by atoms with E-state index in [2.05, 4.69) is 0 Å². The summed E-state index contributed by atoms with van der Waals surface area (Å²) in [4.78, 5) is 10.7. The van der Waals surface area contributed by atoms with Crippen molar-refractivity contribution in [3.63, 3.8) is 0 Å². The third kappa shape index (κ3) is 3.01.